The summed E-state index contributed by atoms with van der Waals surface area (Å²) < 4.78 is 10.9. The molecule has 0 aliphatic carbocycles. The van der Waals surface area contributed by atoms with Crippen LogP contribution in [0.15, 0.2) is 66.9 Å². The molecule has 1 fully saturated rings. The number of benzene rings is 2. The highest BCUT2D eigenvalue weighted by atomic mass is 16.5. The predicted octanol–water partition coefficient (Wildman–Crippen LogP) is 3.27. The molecule has 1 unspecified atom stereocenters. The van der Waals surface area contributed by atoms with Crippen molar-refractivity contribution in [3.63, 3.8) is 0 Å². The molecule has 1 saturated heterocycles. The van der Waals surface area contributed by atoms with Crippen molar-refractivity contribution in [3.8, 4) is 17.4 Å². The maximum absolute atomic E-state index is 13.0. The lowest BCUT2D eigenvalue weighted by molar-refractivity contribution is -0.134. The third-order valence-electron chi connectivity index (χ3n) is 5.76. The standard InChI is InChI=1S/C26H26N4O5/c1-17-7-10-19(11-8-17)26(2)24(32)30(25(33)29-26)16-22(31)27-14-18-9-12-23(28-15-18)35-21-6-4-5-20(13-21)34-3/h4-13,15H,14,16H2,1-3H3,(H,27,31)(H,29,33). The minimum Gasteiger partial charge on any atom is -0.497 e. The van der Waals surface area contributed by atoms with Gasteiger partial charge in [0.15, 0.2) is 0 Å². The number of hydrogen-bond acceptors (Lipinski definition) is 6. The van der Waals surface area contributed by atoms with Gasteiger partial charge in [0.05, 0.1) is 7.11 Å². The number of aromatic nitrogens is 1. The van der Waals surface area contributed by atoms with Crippen LogP contribution in [-0.2, 0) is 21.7 Å². The SMILES string of the molecule is COc1cccc(Oc2ccc(CNC(=O)CN3C(=O)NC(C)(c4ccc(C)cc4)C3=O)cn2)c1. The zero-order valence-electron chi connectivity index (χ0n) is 19.7. The van der Waals surface area contributed by atoms with Crippen LogP contribution in [0.3, 0.4) is 0 Å². The van der Waals surface area contributed by atoms with E-state index in [4.69, 9.17) is 9.47 Å². The summed E-state index contributed by atoms with van der Waals surface area (Å²) >= 11 is 0. The van der Waals surface area contributed by atoms with Crippen LogP contribution in [0.4, 0.5) is 4.79 Å². The molecule has 9 heteroatoms. The second-order valence-electron chi connectivity index (χ2n) is 8.37. The number of carbonyl (C=O) groups excluding carboxylic acids is 3. The van der Waals surface area contributed by atoms with Crippen LogP contribution < -0.4 is 20.1 Å². The summed E-state index contributed by atoms with van der Waals surface area (Å²) in [5.41, 5.74) is 1.22. The molecular formula is C26H26N4O5. The van der Waals surface area contributed by atoms with E-state index in [0.717, 1.165) is 16.0 Å². The van der Waals surface area contributed by atoms with Gasteiger partial charge in [-0.1, -0.05) is 42.0 Å². The van der Waals surface area contributed by atoms with E-state index >= 15 is 0 Å². The Hall–Kier alpha value is -4.40. The fourth-order valence-electron chi connectivity index (χ4n) is 3.68. The first-order valence-corrected chi connectivity index (χ1v) is 11.0. The number of amides is 4. The molecule has 0 radical (unpaired) electrons. The van der Waals surface area contributed by atoms with Crippen molar-refractivity contribution in [1.82, 2.24) is 20.5 Å². The first kappa shape index (κ1) is 23.7. The van der Waals surface area contributed by atoms with E-state index in [1.165, 1.54) is 0 Å². The topological polar surface area (TPSA) is 110 Å². The number of nitrogens with zero attached hydrogens (tertiary/aromatic N) is 2. The fraction of sp³-hybridized carbons (Fsp3) is 0.231. The second-order valence-corrected chi connectivity index (χ2v) is 8.37. The van der Waals surface area contributed by atoms with Crippen molar-refractivity contribution in [2.75, 3.05) is 13.7 Å². The lowest BCUT2D eigenvalue weighted by atomic mass is 9.91. The van der Waals surface area contributed by atoms with Gasteiger partial charge in [-0.3, -0.25) is 14.5 Å². The Bertz CT molecular complexity index is 1240. The molecule has 3 aromatic rings. The average molecular weight is 475 g/mol. The maximum Gasteiger partial charge on any atom is 0.325 e. The van der Waals surface area contributed by atoms with E-state index in [0.29, 0.717) is 22.9 Å². The van der Waals surface area contributed by atoms with E-state index in [2.05, 4.69) is 15.6 Å². The molecule has 1 aliphatic rings. The Balaban J connectivity index is 1.32. The Morgan fingerprint density at radius 3 is 2.51 bits per heavy atom. The van der Waals surface area contributed by atoms with E-state index in [1.807, 2.05) is 31.2 Å². The minimum atomic E-state index is -1.21. The molecule has 2 aromatic carbocycles. The van der Waals surface area contributed by atoms with Gasteiger partial charge < -0.3 is 20.1 Å². The van der Waals surface area contributed by atoms with Crippen LogP contribution in [0.1, 0.15) is 23.6 Å². The summed E-state index contributed by atoms with van der Waals surface area (Å²) in [5.74, 6) is 0.721. The summed E-state index contributed by atoms with van der Waals surface area (Å²) in [4.78, 5) is 43.1. The van der Waals surface area contributed by atoms with Crippen molar-refractivity contribution in [3.05, 3.63) is 83.6 Å². The lowest BCUT2D eigenvalue weighted by Gasteiger charge is -2.22. The number of carbonyl (C=O) groups is 3. The highest BCUT2D eigenvalue weighted by Gasteiger charge is 2.49. The van der Waals surface area contributed by atoms with E-state index in [9.17, 15) is 14.4 Å². The lowest BCUT2D eigenvalue weighted by Crippen LogP contribution is -2.43. The van der Waals surface area contributed by atoms with Crippen LogP contribution in [0.2, 0.25) is 0 Å². The number of ether oxygens (including phenoxy) is 2. The van der Waals surface area contributed by atoms with Gasteiger partial charge in [0.2, 0.25) is 11.8 Å². The Morgan fingerprint density at radius 1 is 1.09 bits per heavy atom. The van der Waals surface area contributed by atoms with Gasteiger partial charge in [0.25, 0.3) is 5.91 Å². The van der Waals surface area contributed by atoms with Gasteiger partial charge in [-0.05, 0) is 37.1 Å². The molecule has 1 aliphatic heterocycles. The third kappa shape index (κ3) is 5.24. The van der Waals surface area contributed by atoms with Crippen molar-refractivity contribution in [1.29, 1.82) is 0 Å². The summed E-state index contributed by atoms with van der Waals surface area (Å²) in [7, 11) is 1.58. The van der Waals surface area contributed by atoms with Gasteiger partial charge in [0.1, 0.15) is 23.6 Å². The number of nitrogens with one attached hydrogen (secondary N) is 2. The van der Waals surface area contributed by atoms with Crippen LogP contribution >= 0.6 is 0 Å². The van der Waals surface area contributed by atoms with E-state index in [-0.39, 0.29) is 13.1 Å². The molecule has 0 spiro atoms. The number of urea groups is 1. The van der Waals surface area contributed by atoms with Crippen molar-refractivity contribution < 1.29 is 23.9 Å². The molecule has 0 bridgehead atoms. The second kappa shape index (κ2) is 9.84. The van der Waals surface area contributed by atoms with Gasteiger partial charge in [-0.15, -0.1) is 0 Å². The van der Waals surface area contributed by atoms with E-state index < -0.39 is 23.4 Å². The first-order valence-electron chi connectivity index (χ1n) is 11.0. The van der Waals surface area contributed by atoms with Crippen molar-refractivity contribution in [2.24, 2.45) is 0 Å². The zero-order chi connectivity index (χ0) is 25.0. The predicted molar refractivity (Wildman–Crippen MR) is 128 cm³/mol. The normalized spacial score (nSPS) is 17.2. The molecule has 9 nitrogen and oxygen atoms in total. The highest BCUT2D eigenvalue weighted by molar-refractivity contribution is 6.09. The molecule has 1 atom stereocenters. The summed E-state index contributed by atoms with van der Waals surface area (Å²) in [5, 5.41) is 5.42. The third-order valence-corrected chi connectivity index (χ3v) is 5.76. The van der Waals surface area contributed by atoms with Crippen LogP contribution in [0, 0.1) is 6.92 Å². The molecule has 4 rings (SSSR count). The molecule has 35 heavy (non-hydrogen) atoms. The monoisotopic (exact) mass is 474 g/mol. The van der Waals surface area contributed by atoms with Crippen LogP contribution in [0.5, 0.6) is 17.4 Å². The van der Waals surface area contributed by atoms with Gasteiger partial charge >= 0.3 is 6.03 Å². The number of imide groups is 1. The highest BCUT2D eigenvalue weighted by Crippen LogP contribution is 2.29. The van der Waals surface area contributed by atoms with Gasteiger partial charge in [-0.25, -0.2) is 9.78 Å². The van der Waals surface area contributed by atoms with E-state index in [1.54, 1.807) is 56.6 Å². The van der Waals surface area contributed by atoms with Crippen LogP contribution in [0.25, 0.3) is 0 Å². The number of pyridine rings is 1. The largest absolute Gasteiger partial charge is 0.497 e. The quantitative estimate of drug-likeness (QED) is 0.485. The number of rotatable bonds is 8. The summed E-state index contributed by atoms with van der Waals surface area (Å²) in [6, 6.07) is 17.4. The van der Waals surface area contributed by atoms with Gasteiger partial charge in [0, 0.05) is 24.9 Å². The molecular weight excluding hydrogens is 448 g/mol. The maximum atomic E-state index is 13.0. The fourth-order valence-corrected chi connectivity index (χ4v) is 3.68. The zero-order valence-corrected chi connectivity index (χ0v) is 19.7. The molecule has 1 aromatic heterocycles. The molecule has 180 valence electrons. The molecule has 0 saturated carbocycles. The molecule has 2 N–H and O–H groups in total. The molecule has 4 amide bonds. The van der Waals surface area contributed by atoms with Crippen molar-refractivity contribution in [2.45, 2.75) is 25.9 Å². The minimum absolute atomic E-state index is 0.185. The number of methoxy groups -OCH3 is 1. The Morgan fingerprint density at radius 2 is 1.83 bits per heavy atom. The smallest absolute Gasteiger partial charge is 0.325 e. The number of aryl methyl sites for hydroxylation is 1. The Labute approximate surface area is 203 Å². The Kier molecular flexibility index (Phi) is 6.68. The summed E-state index contributed by atoms with van der Waals surface area (Å²) in [6.45, 7) is 3.38. The number of hydrogen-bond donors (Lipinski definition) is 2. The van der Waals surface area contributed by atoms with Gasteiger partial charge in [-0.2, -0.15) is 0 Å². The first-order chi connectivity index (χ1) is 16.8. The van der Waals surface area contributed by atoms with Crippen LogP contribution in [-0.4, -0.2) is 41.4 Å². The summed E-state index contributed by atoms with van der Waals surface area (Å²) in [6.07, 6.45) is 1.58. The molecule has 2 heterocycles. The average Bonchev–Trinajstić information content (AvgIpc) is 3.07. The van der Waals surface area contributed by atoms with Crippen molar-refractivity contribution >= 4 is 17.8 Å².